The third kappa shape index (κ3) is 9.10. The molecule has 0 atom stereocenters. The molecule has 0 rings (SSSR count). The molecule has 0 heterocycles. The summed E-state index contributed by atoms with van der Waals surface area (Å²) < 4.78 is 0. The molecule has 0 bridgehead atoms. The molecule has 0 unspecified atom stereocenters. The first-order chi connectivity index (χ1) is 0. The second-order valence-electron chi connectivity index (χ2n) is 0. The van der Waals surface area contributed by atoms with Crippen molar-refractivity contribution in [1.29, 1.82) is 0 Å². The van der Waals surface area contributed by atoms with E-state index in [4.69, 9.17) is 0 Å². The van der Waals surface area contributed by atoms with Crippen LogP contribution in [0.5, 0.6) is 0 Å². The van der Waals surface area contributed by atoms with Crippen LogP contribution in [0.15, 0.2) is 0 Å². The Morgan fingerprint density at radius 2 is 0.500 bits per heavy atom. The first-order valence-electron chi connectivity index (χ1n) is 0. The van der Waals surface area contributed by atoms with Crippen molar-refractivity contribution in [3.05, 3.63) is 0 Å². The van der Waals surface area contributed by atoms with Crippen LogP contribution < -0.4 is 0 Å². The van der Waals surface area contributed by atoms with Crippen LogP contribution >= 0.6 is 0 Å². The van der Waals surface area contributed by atoms with Crippen molar-refractivity contribution in [3.63, 3.8) is 0 Å². The molecule has 0 saturated carbocycles. The average molecular weight is 388 g/mol. The van der Waals surface area contributed by atoms with Gasteiger partial charge in [-0.2, -0.15) is 0 Å². The van der Waals surface area contributed by atoms with Crippen molar-refractivity contribution < 1.29 is 78.6 Å². The quantitative estimate of drug-likeness (QED) is 0.531. The first-order valence-corrected chi connectivity index (χ1v) is 0. The molecular weight excluding hydrogens is 388 g/mol. The monoisotopic (exact) mass is 385 g/mol. The van der Waals surface area contributed by atoms with Gasteiger partial charge in [0.1, 0.15) is 0 Å². The Hall–Kier alpha value is 3.52. The van der Waals surface area contributed by atoms with Gasteiger partial charge in [-0.15, -0.1) is 0 Å². The second kappa shape index (κ2) is 16.0. The molecule has 15 valence electrons. The predicted octanol–water partition coefficient (Wildman–Crippen LogP) is -0.388. The van der Waals surface area contributed by atoms with Gasteiger partial charge in [-0.1, -0.05) is 0 Å². The van der Waals surface area contributed by atoms with Gasteiger partial charge in [0.05, 0.1) is 0 Å². The maximum absolute atomic E-state index is 0. The van der Waals surface area contributed by atoms with E-state index in [-0.39, 0.29) is 104 Å². The average Bonchev–Trinajstić information content (AvgIpc) is 0. The summed E-state index contributed by atoms with van der Waals surface area (Å²) in [6.45, 7) is 0. The minimum atomic E-state index is 0. The molecule has 0 aliphatic rings. The third-order valence-electron chi connectivity index (χ3n) is 0. The molecule has 0 amide bonds. The Kier molecular flexibility index (Phi) is 103. The maximum Gasteiger partial charge on any atom is 0 e. The zero-order valence-corrected chi connectivity index (χ0v) is 12.7. The molecule has 0 fully saturated rings. The normalized spacial score (nSPS) is 0. The Morgan fingerprint density at radius 1 is 0.500 bits per heavy atom. The van der Waals surface area contributed by atoms with Crippen LogP contribution in [0.2, 0.25) is 0 Å². The predicted molar refractivity (Wildman–Crippen MR) is 5.75 cm³/mol. The number of rotatable bonds is 0. The fraction of sp³-hybridized carbons (Fsp3) is 0. The van der Waals surface area contributed by atoms with Crippen molar-refractivity contribution in [1.82, 2.24) is 0 Å². The van der Waals surface area contributed by atoms with Gasteiger partial charge in [0, 0.05) is 104 Å². The summed E-state index contributed by atoms with van der Waals surface area (Å²) >= 11 is 0. The van der Waals surface area contributed by atoms with E-state index in [1.54, 1.807) is 0 Å². The topological polar surface area (TPSA) is 0 Å². The Balaban J connectivity index is 0. The van der Waals surface area contributed by atoms with Crippen LogP contribution in [0.25, 0.3) is 0 Å². The van der Waals surface area contributed by atoms with E-state index in [0.717, 1.165) is 0 Å². The van der Waals surface area contributed by atoms with Gasteiger partial charge in [0.15, 0.2) is 0 Å². The van der Waals surface area contributed by atoms with Gasteiger partial charge in [-0.05, 0) is 0 Å². The van der Waals surface area contributed by atoms with E-state index in [9.17, 15) is 0 Å². The van der Waals surface area contributed by atoms with Gasteiger partial charge in [0.2, 0.25) is 0 Å². The summed E-state index contributed by atoms with van der Waals surface area (Å²) in [5, 5.41) is 0. The van der Waals surface area contributed by atoms with E-state index < -0.39 is 0 Å². The summed E-state index contributed by atoms with van der Waals surface area (Å²) in [6, 6.07) is 0. The summed E-state index contributed by atoms with van der Waals surface area (Å²) in [4.78, 5) is 0. The van der Waals surface area contributed by atoms with Crippen LogP contribution in [-0.4, -0.2) is 25.8 Å². The van der Waals surface area contributed by atoms with E-state index >= 15 is 0 Å². The summed E-state index contributed by atoms with van der Waals surface area (Å²) in [5.41, 5.74) is 0. The van der Waals surface area contributed by atoms with Crippen LogP contribution in [-0.2, 0) is 78.6 Å². The molecule has 4 heavy (non-hydrogen) atoms. The SMILES string of the molecule is [In].[Zr].[Zr].[Zr]. The van der Waals surface area contributed by atoms with E-state index in [1.807, 2.05) is 0 Å². The largest absolute Gasteiger partial charge is 0 e. The summed E-state index contributed by atoms with van der Waals surface area (Å²) in [5.74, 6) is 0. The van der Waals surface area contributed by atoms with Crippen molar-refractivity contribution in [2.75, 3.05) is 0 Å². The van der Waals surface area contributed by atoms with Crippen molar-refractivity contribution in [2.24, 2.45) is 0 Å². The molecule has 0 aromatic carbocycles. The van der Waals surface area contributed by atoms with E-state index in [2.05, 4.69) is 0 Å². The summed E-state index contributed by atoms with van der Waals surface area (Å²) in [6.07, 6.45) is 0. The summed E-state index contributed by atoms with van der Waals surface area (Å²) in [7, 11) is 0. The first kappa shape index (κ1) is 25.8. The molecule has 0 aliphatic carbocycles. The van der Waals surface area contributed by atoms with Gasteiger partial charge < -0.3 is 0 Å². The van der Waals surface area contributed by atoms with Crippen LogP contribution in [0.3, 0.4) is 0 Å². The maximum atomic E-state index is 0. The Morgan fingerprint density at radius 3 is 0.500 bits per heavy atom. The van der Waals surface area contributed by atoms with Gasteiger partial charge in [0.25, 0.3) is 0 Å². The van der Waals surface area contributed by atoms with Crippen LogP contribution in [0.1, 0.15) is 0 Å². The molecule has 0 saturated heterocycles. The van der Waals surface area contributed by atoms with E-state index in [1.165, 1.54) is 0 Å². The fourth-order valence-corrected chi connectivity index (χ4v) is 0. The molecule has 0 spiro atoms. The van der Waals surface area contributed by atoms with Crippen molar-refractivity contribution in [3.8, 4) is 0 Å². The van der Waals surface area contributed by atoms with Crippen LogP contribution in [0.4, 0.5) is 0 Å². The fourth-order valence-electron chi connectivity index (χ4n) is 0. The van der Waals surface area contributed by atoms with Gasteiger partial charge >= 0.3 is 0 Å². The molecular formula is InZr3. The van der Waals surface area contributed by atoms with Gasteiger partial charge in [-0.3, -0.25) is 0 Å². The Labute approximate surface area is 102 Å². The molecule has 0 aliphatic heterocycles. The Bertz CT molecular complexity index is 3.25. The smallest absolute Gasteiger partial charge is 0 e. The molecule has 0 N–H and O–H groups in total. The van der Waals surface area contributed by atoms with Crippen molar-refractivity contribution >= 4 is 25.8 Å². The standard InChI is InChI=1S/In.3Zr. The molecule has 0 aromatic rings. The molecule has 3 radical (unpaired) electrons. The third-order valence-corrected chi connectivity index (χ3v) is 0. The van der Waals surface area contributed by atoms with Gasteiger partial charge in [-0.25, -0.2) is 0 Å². The zero-order valence-electron chi connectivity index (χ0n) is 2.08. The van der Waals surface area contributed by atoms with Crippen LogP contribution in [0, 0.1) is 0 Å². The zero-order chi connectivity index (χ0) is 0. The molecule has 0 aromatic heterocycles. The molecule has 0 nitrogen and oxygen atoms in total. The molecule has 4 heteroatoms. The number of hydrogen-bond donors (Lipinski definition) is 0. The minimum Gasteiger partial charge on any atom is 0 e. The van der Waals surface area contributed by atoms with E-state index in [0.29, 0.717) is 0 Å². The number of hydrogen-bond acceptors (Lipinski definition) is 0. The minimum absolute atomic E-state index is 0. The van der Waals surface area contributed by atoms with Crippen molar-refractivity contribution in [2.45, 2.75) is 0 Å². The second-order valence-corrected chi connectivity index (χ2v) is 0.